The molecule has 0 atom stereocenters. The van der Waals surface area contributed by atoms with Crippen LogP contribution in [0.5, 0.6) is 11.5 Å². The van der Waals surface area contributed by atoms with Crippen LogP contribution in [0.25, 0.3) is 0 Å². The number of nitrogens with zero attached hydrogens (tertiary/aromatic N) is 1. The molecule has 1 fully saturated rings. The van der Waals surface area contributed by atoms with Crippen molar-refractivity contribution >= 4 is 17.6 Å². The third-order valence-electron chi connectivity index (χ3n) is 4.66. The van der Waals surface area contributed by atoms with Crippen LogP contribution in [0.15, 0.2) is 17.1 Å². The summed E-state index contributed by atoms with van der Waals surface area (Å²) in [5.41, 5.74) is 0.982. The number of fused-ring (bicyclic) bond motifs is 1. The molecule has 1 aromatic carbocycles. The Kier molecular flexibility index (Phi) is 6.86. The van der Waals surface area contributed by atoms with Crippen molar-refractivity contribution in [1.29, 1.82) is 0 Å². The topological polar surface area (TPSA) is 75.1 Å². The zero-order valence-corrected chi connectivity index (χ0v) is 16.0. The van der Waals surface area contributed by atoms with Crippen LogP contribution in [0.2, 0.25) is 5.02 Å². The highest BCUT2D eigenvalue weighted by Crippen LogP contribution is 2.38. The summed E-state index contributed by atoms with van der Waals surface area (Å²) in [6, 6.07) is 4.19. The molecule has 1 aromatic rings. The first-order valence-corrected chi connectivity index (χ1v) is 9.84. The van der Waals surface area contributed by atoms with Crippen molar-refractivity contribution in [2.24, 2.45) is 4.99 Å². The number of rotatable bonds is 4. The largest absolute Gasteiger partial charge is 0.489 e. The number of ether oxygens (including phenoxy) is 2. The average Bonchev–Trinajstić information content (AvgIpc) is 2.88. The molecule has 0 spiro atoms. The molecule has 0 bridgehead atoms. The third-order valence-corrected chi connectivity index (χ3v) is 4.94. The van der Waals surface area contributed by atoms with Gasteiger partial charge in [-0.15, -0.1) is 0 Å². The van der Waals surface area contributed by atoms with Gasteiger partial charge in [0.1, 0.15) is 0 Å². The maximum absolute atomic E-state index is 9.65. The van der Waals surface area contributed by atoms with Crippen molar-refractivity contribution in [3.8, 4) is 11.5 Å². The highest BCUT2D eigenvalue weighted by molar-refractivity contribution is 6.32. The van der Waals surface area contributed by atoms with Crippen LogP contribution < -0.4 is 20.1 Å². The maximum atomic E-state index is 9.65. The van der Waals surface area contributed by atoms with E-state index in [1.807, 2.05) is 19.1 Å². The van der Waals surface area contributed by atoms with E-state index in [4.69, 9.17) is 21.1 Å². The van der Waals surface area contributed by atoms with E-state index in [0.717, 1.165) is 50.2 Å². The number of aliphatic imine (C=N–C) groups is 1. The summed E-state index contributed by atoms with van der Waals surface area (Å²) in [6.07, 6.45) is 4.30. The molecule has 2 aliphatic rings. The zero-order chi connectivity index (χ0) is 18.4. The zero-order valence-electron chi connectivity index (χ0n) is 15.3. The first-order valence-electron chi connectivity index (χ1n) is 9.46. The van der Waals surface area contributed by atoms with E-state index in [1.54, 1.807) is 0 Å². The molecule has 0 aromatic heterocycles. The Morgan fingerprint density at radius 2 is 2.00 bits per heavy atom. The molecule has 0 radical (unpaired) electrons. The Morgan fingerprint density at radius 3 is 2.77 bits per heavy atom. The number of aliphatic hydroxyl groups excluding tert-OH is 1. The number of halogens is 1. The third kappa shape index (κ3) is 5.17. The number of aliphatic hydroxyl groups is 1. The quantitative estimate of drug-likeness (QED) is 0.552. The van der Waals surface area contributed by atoms with Gasteiger partial charge in [-0.2, -0.15) is 0 Å². The molecular weight excluding hydrogens is 354 g/mol. The van der Waals surface area contributed by atoms with Gasteiger partial charge in [-0.1, -0.05) is 11.6 Å². The normalized spacial score (nSPS) is 23.3. The van der Waals surface area contributed by atoms with E-state index < -0.39 is 0 Å². The lowest BCUT2D eigenvalue weighted by Crippen LogP contribution is -2.45. The summed E-state index contributed by atoms with van der Waals surface area (Å²) in [7, 11) is 0. The smallest absolute Gasteiger partial charge is 0.191 e. The molecule has 7 heteroatoms. The van der Waals surface area contributed by atoms with Gasteiger partial charge in [0.2, 0.25) is 0 Å². The first-order chi connectivity index (χ1) is 12.7. The van der Waals surface area contributed by atoms with Crippen LogP contribution in [0.3, 0.4) is 0 Å². The number of hydrogen-bond acceptors (Lipinski definition) is 4. The minimum absolute atomic E-state index is 0.156. The van der Waals surface area contributed by atoms with Crippen molar-refractivity contribution < 1.29 is 14.6 Å². The van der Waals surface area contributed by atoms with Crippen molar-refractivity contribution in [3.05, 3.63) is 22.7 Å². The average molecular weight is 382 g/mol. The minimum Gasteiger partial charge on any atom is -0.489 e. The Hall–Kier alpha value is -1.66. The number of guanidine groups is 1. The number of benzene rings is 1. The molecule has 1 aliphatic heterocycles. The predicted molar refractivity (Wildman–Crippen MR) is 103 cm³/mol. The minimum atomic E-state index is -0.156. The second-order valence-electron chi connectivity index (χ2n) is 6.80. The SMILES string of the molecule is CCNC(=NCc1cc(Cl)c2c(c1)OCCCO2)NC1CCC(O)CC1. The lowest BCUT2D eigenvalue weighted by Gasteiger charge is -2.27. The van der Waals surface area contributed by atoms with Gasteiger partial charge in [-0.05, 0) is 50.3 Å². The van der Waals surface area contributed by atoms with Crippen LogP contribution in [0, 0.1) is 0 Å². The fourth-order valence-electron chi connectivity index (χ4n) is 3.28. The monoisotopic (exact) mass is 381 g/mol. The van der Waals surface area contributed by atoms with E-state index >= 15 is 0 Å². The summed E-state index contributed by atoms with van der Waals surface area (Å²) in [5.74, 6) is 2.11. The van der Waals surface area contributed by atoms with Crippen molar-refractivity contribution in [2.75, 3.05) is 19.8 Å². The molecule has 26 heavy (non-hydrogen) atoms. The summed E-state index contributed by atoms with van der Waals surface area (Å²) < 4.78 is 11.4. The van der Waals surface area contributed by atoms with Crippen LogP contribution >= 0.6 is 11.6 Å². The van der Waals surface area contributed by atoms with Crippen LogP contribution in [0.1, 0.15) is 44.6 Å². The highest BCUT2D eigenvalue weighted by Gasteiger charge is 2.20. The molecule has 3 N–H and O–H groups in total. The van der Waals surface area contributed by atoms with Gasteiger partial charge >= 0.3 is 0 Å². The Labute approximate surface area is 159 Å². The van der Waals surface area contributed by atoms with Gasteiger partial charge in [-0.25, -0.2) is 4.99 Å². The molecule has 1 heterocycles. The fourth-order valence-corrected chi connectivity index (χ4v) is 3.57. The van der Waals surface area contributed by atoms with Gasteiger partial charge in [0.15, 0.2) is 17.5 Å². The molecule has 0 amide bonds. The van der Waals surface area contributed by atoms with E-state index in [2.05, 4.69) is 15.6 Å². The molecule has 1 saturated carbocycles. The van der Waals surface area contributed by atoms with Crippen molar-refractivity contribution in [2.45, 2.75) is 57.7 Å². The summed E-state index contributed by atoms with van der Waals surface area (Å²) in [4.78, 5) is 4.69. The van der Waals surface area contributed by atoms with Crippen molar-refractivity contribution in [1.82, 2.24) is 10.6 Å². The maximum Gasteiger partial charge on any atom is 0.191 e. The van der Waals surface area contributed by atoms with Gasteiger partial charge in [-0.3, -0.25) is 0 Å². The molecule has 144 valence electrons. The molecule has 3 rings (SSSR count). The molecular formula is C19H28ClN3O3. The number of nitrogens with one attached hydrogen (secondary N) is 2. The summed E-state index contributed by atoms with van der Waals surface area (Å²) in [5, 5.41) is 17.0. The highest BCUT2D eigenvalue weighted by atomic mass is 35.5. The fraction of sp³-hybridized carbons (Fsp3) is 0.632. The lowest BCUT2D eigenvalue weighted by molar-refractivity contribution is 0.120. The molecule has 1 aliphatic carbocycles. The van der Waals surface area contributed by atoms with Gasteiger partial charge in [0.25, 0.3) is 0 Å². The van der Waals surface area contributed by atoms with E-state index in [0.29, 0.717) is 42.3 Å². The molecule has 0 saturated heterocycles. The Bertz CT molecular complexity index is 631. The molecule has 6 nitrogen and oxygen atoms in total. The summed E-state index contributed by atoms with van der Waals surface area (Å²) >= 11 is 6.36. The van der Waals surface area contributed by atoms with Crippen LogP contribution in [-0.2, 0) is 6.54 Å². The van der Waals surface area contributed by atoms with Crippen LogP contribution in [0.4, 0.5) is 0 Å². The standard InChI is InChI=1S/C19H28ClN3O3/c1-2-21-19(23-14-4-6-15(24)7-5-14)22-12-13-10-16(20)18-17(11-13)25-8-3-9-26-18/h10-11,14-15,24H,2-9,12H2,1H3,(H2,21,22,23). The Morgan fingerprint density at radius 1 is 1.23 bits per heavy atom. The number of hydrogen-bond donors (Lipinski definition) is 3. The van der Waals surface area contributed by atoms with Gasteiger partial charge in [0, 0.05) is 19.0 Å². The second kappa shape index (κ2) is 9.33. The molecule has 0 unspecified atom stereocenters. The second-order valence-corrected chi connectivity index (χ2v) is 7.21. The first kappa shape index (κ1) is 19.1. The van der Waals surface area contributed by atoms with Crippen LogP contribution in [-0.4, -0.2) is 43.0 Å². The van der Waals surface area contributed by atoms with E-state index in [-0.39, 0.29) is 6.10 Å². The lowest BCUT2D eigenvalue weighted by atomic mass is 9.93. The van der Waals surface area contributed by atoms with Gasteiger partial charge in [0.05, 0.1) is 30.9 Å². The predicted octanol–water partition coefficient (Wildman–Crippen LogP) is 2.86. The van der Waals surface area contributed by atoms with Crippen molar-refractivity contribution in [3.63, 3.8) is 0 Å². The van der Waals surface area contributed by atoms with E-state index in [9.17, 15) is 5.11 Å². The Balaban J connectivity index is 1.67. The summed E-state index contributed by atoms with van der Waals surface area (Å²) in [6.45, 7) is 4.60. The van der Waals surface area contributed by atoms with Gasteiger partial charge < -0.3 is 25.2 Å². The van der Waals surface area contributed by atoms with E-state index in [1.165, 1.54) is 0 Å².